The van der Waals surface area contributed by atoms with Crippen LogP contribution in [0.25, 0.3) is 17.2 Å². The maximum absolute atomic E-state index is 13.6. The summed E-state index contributed by atoms with van der Waals surface area (Å²) >= 11 is 0. The SMILES string of the molecule is CCCCC(F)=Cc1ccc(-c2ccc(C)cc2)cc1. The number of aryl methyl sites for hydroxylation is 1. The summed E-state index contributed by atoms with van der Waals surface area (Å²) in [7, 11) is 0. The molecule has 0 fully saturated rings. The van der Waals surface area contributed by atoms with Crippen LogP contribution in [-0.4, -0.2) is 0 Å². The summed E-state index contributed by atoms with van der Waals surface area (Å²) in [5, 5.41) is 0. The second kappa shape index (κ2) is 7.04. The molecule has 0 unspecified atom stereocenters. The van der Waals surface area contributed by atoms with Gasteiger partial charge in [0.25, 0.3) is 0 Å². The molecule has 0 spiro atoms. The Kier molecular flexibility index (Phi) is 5.11. The zero-order valence-corrected chi connectivity index (χ0v) is 12.2. The molecule has 0 aliphatic carbocycles. The Bertz CT molecular complexity index is 562. The molecule has 2 rings (SSSR count). The number of benzene rings is 2. The van der Waals surface area contributed by atoms with Crippen molar-refractivity contribution in [3.05, 3.63) is 65.5 Å². The number of allylic oxidation sites excluding steroid dienone is 1. The molecule has 2 aromatic carbocycles. The Balaban J connectivity index is 2.12. The van der Waals surface area contributed by atoms with E-state index >= 15 is 0 Å². The minimum absolute atomic E-state index is 0.0325. The van der Waals surface area contributed by atoms with E-state index in [0.717, 1.165) is 24.0 Å². The van der Waals surface area contributed by atoms with Crippen molar-refractivity contribution in [1.82, 2.24) is 0 Å². The maximum Gasteiger partial charge on any atom is 0.101 e. The Hall–Kier alpha value is -1.89. The van der Waals surface area contributed by atoms with Gasteiger partial charge in [0.15, 0.2) is 0 Å². The smallest absolute Gasteiger partial charge is 0.101 e. The van der Waals surface area contributed by atoms with E-state index in [-0.39, 0.29) is 5.83 Å². The number of hydrogen-bond donors (Lipinski definition) is 0. The van der Waals surface area contributed by atoms with E-state index in [1.807, 2.05) is 24.3 Å². The fourth-order valence-corrected chi connectivity index (χ4v) is 2.12. The highest BCUT2D eigenvalue weighted by atomic mass is 19.1. The van der Waals surface area contributed by atoms with Crippen LogP contribution >= 0.6 is 0 Å². The standard InChI is InChI=1S/C19H21F/c1-3-4-5-19(20)14-16-8-12-18(13-9-16)17-10-6-15(2)7-11-17/h6-14H,3-5H2,1-2H3. The summed E-state index contributed by atoms with van der Waals surface area (Å²) in [5.41, 5.74) is 4.54. The monoisotopic (exact) mass is 268 g/mol. The Morgan fingerprint density at radius 3 is 2.05 bits per heavy atom. The number of rotatable bonds is 5. The second-order valence-electron chi connectivity index (χ2n) is 5.18. The van der Waals surface area contributed by atoms with Crippen molar-refractivity contribution >= 4 is 6.08 Å². The fourth-order valence-electron chi connectivity index (χ4n) is 2.12. The summed E-state index contributed by atoms with van der Waals surface area (Å²) in [4.78, 5) is 0. The third-order valence-corrected chi connectivity index (χ3v) is 3.39. The van der Waals surface area contributed by atoms with Gasteiger partial charge >= 0.3 is 0 Å². The first kappa shape index (κ1) is 14.5. The van der Waals surface area contributed by atoms with Crippen LogP contribution in [0.15, 0.2) is 54.4 Å². The summed E-state index contributed by atoms with van der Waals surface area (Å²) < 4.78 is 13.6. The quantitative estimate of drug-likeness (QED) is 0.609. The fraction of sp³-hybridized carbons (Fsp3) is 0.263. The third kappa shape index (κ3) is 4.06. The summed E-state index contributed by atoms with van der Waals surface area (Å²) in [5.74, 6) is -0.0325. The molecule has 0 radical (unpaired) electrons. The summed E-state index contributed by atoms with van der Waals surface area (Å²) in [6.07, 6.45) is 4.10. The highest BCUT2D eigenvalue weighted by molar-refractivity contribution is 5.66. The molecule has 0 heterocycles. The van der Waals surface area contributed by atoms with Crippen molar-refractivity contribution in [2.45, 2.75) is 33.1 Å². The van der Waals surface area contributed by atoms with Crippen molar-refractivity contribution < 1.29 is 4.39 Å². The van der Waals surface area contributed by atoms with E-state index < -0.39 is 0 Å². The molecule has 0 aliphatic rings. The van der Waals surface area contributed by atoms with E-state index in [0.29, 0.717) is 6.42 Å². The van der Waals surface area contributed by atoms with Gasteiger partial charge in [-0.25, -0.2) is 4.39 Å². The normalized spacial score (nSPS) is 11.7. The molecule has 0 saturated carbocycles. The van der Waals surface area contributed by atoms with Crippen molar-refractivity contribution in [1.29, 1.82) is 0 Å². The van der Waals surface area contributed by atoms with E-state index in [1.165, 1.54) is 11.1 Å². The van der Waals surface area contributed by atoms with Crippen LogP contribution in [0.5, 0.6) is 0 Å². The lowest BCUT2D eigenvalue weighted by molar-refractivity contribution is 0.577. The minimum Gasteiger partial charge on any atom is -0.212 e. The van der Waals surface area contributed by atoms with Crippen LogP contribution in [0.1, 0.15) is 37.3 Å². The van der Waals surface area contributed by atoms with Crippen LogP contribution in [0.3, 0.4) is 0 Å². The number of hydrogen-bond acceptors (Lipinski definition) is 0. The average molecular weight is 268 g/mol. The summed E-state index contributed by atoms with van der Waals surface area (Å²) in [6.45, 7) is 4.15. The molecule has 0 aromatic heterocycles. The molecule has 0 nitrogen and oxygen atoms in total. The first-order valence-electron chi connectivity index (χ1n) is 7.22. The zero-order chi connectivity index (χ0) is 14.4. The molecule has 0 atom stereocenters. The zero-order valence-electron chi connectivity index (χ0n) is 12.2. The highest BCUT2D eigenvalue weighted by Crippen LogP contribution is 2.22. The first-order valence-corrected chi connectivity index (χ1v) is 7.22. The highest BCUT2D eigenvalue weighted by Gasteiger charge is 1.99. The largest absolute Gasteiger partial charge is 0.212 e. The maximum atomic E-state index is 13.6. The van der Waals surface area contributed by atoms with Crippen LogP contribution in [-0.2, 0) is 0 Å². The van der Waals surface area contributed by atoms with Gasteiger partial charge < -0.3 is 0 Å². The van der Waals surface area contributed by atoms with Gasteiger partial charge in [-0.15, -0.1) is 0 Å². The molecule has 0 bridgehead atoms. The van der Waals surface area contributed by atoms with Gasteiger partial charge in [-0.1, -0.05) is 67.4 Å². The molecule has 0 saturated heterocycles. The van der Waals surface area contributed by atoms with Crippen LogP contribution in [0.4, 0.5) is 4.39 Å². The molecular formula is C19H21F. The van der Waals surface area contributed by atoms with Gasteiger partial charge in [0.05, 0.1) is 0 Å². The van der Waals surface area contributed by atoms with Gasteiger partial charge in [0.2, 0.25) is 0 Å². The molecule has 0 aliphatic heterocycles. The van der Waals surface area contributed by atoms with Crippen LogP contribution in [0.2, 0.25) is 0 Å². The number of unbranched alkanes of at least 4 members (excludes halogenated alkanes) is 1. The van der Waals surface area contributed by atoms with Gasteiger partial charge in [-0.05, 0) is 42.5 Å². The van der Waals surface area contributed by atoms with Crippen LogP contribution in [0, 0.1) is 6.92 Å². The lowest BCUT2D eigenvalue weighted by atomic mass is 10.0. The van der Waals surface area contributed by atoms with Crippen molar-refractivity contribution in [3.8, 4) is 11.1 Å². The molecular weight excluding hydrogens is 247 g/mol. The van der Waals surface area contributed by atoms with Gasteiger partial charge in [-0.3, -0.25) is 0 Å². The first-order chi connectivity index (χ1) is 9.69. The van der Waals surface area contributed by atoms with Gasteiger partial charge in [0.1, 0.15) is 5.83 Å². The molecule has 2 aromatic rings. The van der Waals surface area contributed by atoms with E-state index in [4.69, 9.17) is 0 Å². The Labute approximate surface area is 121 Å². The van der Waals surface area contributed by atoms with Crippen molar-refractivity contribution in [2.75, 3.05) is 0 Å². The Morgan fingerprint density at radius 2 is 1.50 bits per heavy atom. The molecule has 0 N–H and O–H groups in total. The number of halogens is 1. The third-order valence-electron chi connectivity index (χ3n) is 3.39. The topological polar surface area (TPSA) is 0 Å². The predicted octanol–water partition coefficient (Wildman–Crippen LogP) is 6.16. The predicted molar refractivity (Wildman–Crippen MR) is 85.2 cm³/mol. The Morgan fingerprint density at radius 1 is 0.950 bits per heavy atom. The van der Waals surface area contributed by atoms with E-state index in [1.54, 1.807) is 6.08 Å². The average Bonchev–Trinajstić information content (AvgIpc) is 2.47. The second-order valence-corrected chi connectivity index (χ2v) is 5.18. The minimum atomic E-state index is -0.0325. The van der Waals surface area contributed by atoms with Crippen molar-refractivity contribution in [2.24, 2.45) is 0 Å². The molecule has 104 valence electrons. The molecule has 20 heavy (non-hydrogen) atoms. The molecule has 1 heteroatoms. The summed E-state index contributed by atoms with van der Waals surface area (Å²) in [6, 6.07) is 16.5. The van der Waals surface area contributed by atoms with Crippen LogP contribution < -0.4 is 0 Å². The lowest BCUT2D eigenvalue weighted by Crippen LogP contribution is -1.81. The van der Waals surface area contributed by atoms with E-state index in [9.17, 15) is 4.39 Å². The lowest BCUT2D eigenvalue weighted by Gasteiger charge is -2.03. The van der Waals surface area contributed by atoms with E-state index in [2.05, 4.69) is 38.1 Å². The van der Waals surface area contributed by atoms with Gasteiger partial charge in [-0.2, -0.15) is 0 Å². The molecule has 0 amide bonds. The van der Waals surface area contributed by atoms with Crippen molar-refractivity contribution in [3.63, 3.8) is 0 Å². The van der Waals surface area contributed by atoms with Gasteiger partial charge in [0, 0.05) is 0 Å².